The summed E-state index contributed by atoms with van der Waals surface area (Å²) in [5.41, 5.74) is 0.815. The number of rotatable bonds is 4. The molecule has 0 aliphatic heterocycles. The van der Waals surface area contributed by atoms with Crippen molar-refractivity contribution in [3.63, 3.8) is 0 Å². The van der Waals surface area contributed by atoms with E-state index in [4.69, 9.17) is 0 Å². The average Bonchev–Trinajstić information content (AvgIpc) is 2.66. The third kappa shape index (κ3) is 2.62. The normalized spacial score (nSPS) is 9.69. The number of allylic oxidation sites excluding steroid dienone is 1. The SMILES string of the molecule is CSC(SC)=C(C=O)c1cccs1. The third-order valence-electron chi connectivity index (χ3n) is 1.50. The van der Waals surface area contributed by atoms with Crippen LogP contribution in [0.1, 0.15) is 4.88 Å². The van der Waals surface area contributed by atoms with Crippen molar-refractivity contribution in [3.8, 4) is 0 Å². The Hall–Kier alpha value is -0.190. The largest absolute Gasteiger partial charge is 0.298 e. The molecule has 13 heavy (non-hydrogen) atoms. The zero-order valence-corrected chi connectivity index (χ0v) is 9.89. The zero-order valence-electron chi connectivity index (χ0n) is 7.44. The van der Waals surface area contributed by atoms with E-state index in [1.807, 2.05) is 30.0 Å². The van der Waals surface area contributed by atoms with Crippen molar-refractivity contribution >= 4 is 46.7 Å². The summed E-state index contributed by atoms with van der Waals surface area (Å²) in [6.45, 7) is 0. The predicted molar refractivity (Wildman–Crippen MR) is 64.3 cm³/mol. The van der Waals surface area contributed by atoms with Gasteiger partial charge in [-0.25, -0.2) is 0 Å². The molecule has 0 atom stereocenters. The van der Waals surface area contributed by atoms with Crippen LogP contribution in [-0.2, 0) is 4.79 Å². The number of carbonyl (C=O) groups excluding carboxylic acids is 1. The van der Waals surface area contributed by atoms with Crippen LogP contribution < -0.4 is 0 Å². The highest BCUT2D eigenvalue weighted by atomic mass is 32.2. The number of carbonyl (C=O) groups is 1. The van der Waals surface area contributed by atoms with Gasteiger partial charge in [0.05, 0.1) is 9.81 Å². The molecule has 0 fully saturated rings. The molecular formula is C9H10OS3. The highest BCUT2D eigenvalue weighted by Gasteiger charge is 2.07. The van der Waals surface area contributed by atoms with Crippen LogP contribution in [0.5, 0.6) is 0 Å². The summed E-state index contributed by atoms with van der Waals surface area (Å²) in [5.74, 6) is 0. The Balaban J connectivity index is 3.09. The molecule has 0 saturated heterocycles. The lowest BCUT2D eigenvalue weighted by atomic mass is 10.3. The smallest absolute Gasteiger partial charge is 0.153 e. The summed E-state index contributed by atoms with van der Waals surface area (Å²) >= 11 is 4.84. The fourth-order valence-corrected chi connectivity index (χ4v) is 3.23. The fraction of sp³-hybridized carbons (Fsp3) is 0.222. The molecule has 0 spiro atoms. The van der Waals surface area contributed by atoms with Gasteiger partial charge in [0, 0.05) is 4.88 Å². The van der Waals surface area contributed by atoms with Gasteiger partial charge in [0.15, 0.2) is 6.29 Å². The minimum Gasteiger partial charge on any atom is -0.298 e. The van der Waals surface area contributed by atoms with E-state index in [0.717, 1.165) is 21.0 Å². The van der Waals surface area contributed by atoms with Crippen LogP contribution >= 0.6 is 34.9 Å². The van der Waals surface area contributed by atoms with Gasteiger partial charge in [-0.1, -0.05) is 6.07 Å². The van der Waals surface area contributed by atoms with Crippen molar-refractivity contribution in [3.05, 3.63) is 26.6 Å². The number of hydrogen-bond acceptors (Lipinski definition) is 4. The van der Waals surface area contributed by atoms with Crippen molar-refractivity contribution in [1.29, 1.82) is 0 Å². The van der Waals surface area contributed by atoms with E-state index < -0.39 is 0 Å². The second kappa shape index (κ2) is 5.52. The molecule has 0 amide bonds. The van der Waals surface area contributed by atoms with Gasteiger partial charge < -0.3 is 0 Å². The minimum absolute atomic E-state index is 0.815. The maximum atomic E-state index is 10.9. The number of thiophene rings is 1. The summed E-state index contributed by atoms with van der Waals surface area (Å²) < 4.78 is 1.08. The van der Waals surface area contributed by atoms with Gasteiger partial charge in [0.25, 0.3) is 0 Å². The van der Waals surface area contributed by atoms with Gasteiger partial charge in [-0.3, -0.25) is 4.79 Å². The van der Waals surface area contributed by atoms with Crippen LogP contribution in [0.4, 0.5) is 0 Å². The molecule has 1 rings (SSSR count). The van der Waals surface area contributed by atoms with Gasteiger partial charge >= 0.3 is 0 Å². The first-order valence-electron chi connectivity index (χ1n) is 3.64. The van der Waals surface area contributed by atoms with E-state index in [0.29, 0.717) is 0 Å². The molecule has 0 radical (unpaired) electrons. The van der Waals surface area contributed by atoms with Gasteiger partial charge in [-0.2, -0.15) is 0 Å². The lowest BCUT2D eigenvalue weighted by Crippen LogP contribution is -1.84. The first-order valence-corrected chi connectivity index (χ1v) is 6.97. The second-order valence-electron chi connectivity index (χ2n) is 2.20. The molecule has 0 aliphatic rings. The molecular weight excluding hydrogens is 220 g/mol. The van der Waals surface area contributed by atoms with Crippen molar-refractivity contribution in [2.24, 2.45) is 0 Å². The van der Waals surface area contributed by atoms with E-state index in [1.54, 1.807) is 34.9 Å². The molecule has 70 valence electrons. The number of hydrogen-bond donors (Lipinski definition) is 0. The fourth-order valence-electron chi connectivity index (χ4n) is 0.942. The summed E-state index contributed by atoms with van der Waals surface area (Å²) in [5, 5.41) is 1.98. The van der Waals surface area contributed by atoms with Crippen LogP contribution in [-0.4, -0.2) is 18.8 Å². The lowest BCUT2D eigenvalue weighted by Gasteiger charge is -2.02. The highest BCUT2D eigenvalue weighted by Crippen LogP contribution is 2.33. The van der Waals surface area contributed by atoms with Crippen LogP contribution in [0.25, 0.3) is 5.57 Å². The van der Waals surface area contributed by atoms with Crippen LogP contribution in [0.3, 0.4) is 0 Å². The molecule has 1 nitrogen and oxygen atoms in total. The van der Waals surface area contributed by atoms with Crippen LogP contribution in [0, 0.1) is 0 Å². The van der Waals surface area contributed by atoms with E-state index in [9.17, 15) is 4.79 Å². The van der Waals surface area contributed by atoms with E-state index in [-0.39, 0.29) is 0 Å². The molecule has 1 aromatic rings. The van der Waals surface area contributed by atoms with Gasteiger partial charge in [-0.15, -0.1) is 34.9 Å². The van der Waals surface area contributed by atoms with Crippen molar-refractivity contribution < 1.29 is 4.79 Å². The number of aldehydes is 1. The Kier molecular flexibility index (Phi) is 4.62. The number of thioether (sulfide) groups is 2. The molecule has 4 heteroatoms. The van der Waals surface area contributed by atoms with Gasteiger partial charge in [0.1, 0.15) is 0 Å². The van der Waals surface area contributed by atoms with Gasteiger partial charge in [0.2, 0.25) is 0 Å². The second-order valence-corrected chi connectivity index (χ2v) is 5.04. The van der Waals surface area contributed by atoms with Crippen LogP contribution in [0.15, 0.2) is 21.7 Å². The maximum absolute atomic E-state index is 10.9. The molecule has 0 N–H and O–H groups in total. The quantitative estimate of drug-likeness (QED) is 0.583. The predicted octanol–water partition coefficient (Wildman–Crippen LogP) is 3.34. The lowest BCUT2D eigenvalue weighted by molar-refractivity contribution is -0.103. The van der Waals surface area contributed by atoms with E-state index in [1.165, 1.54) is 0 Å². The van der Waals surface area contributed by atoms with Crippen molar-refractivity contribution in [1.82, 2.24) is 0 Å². The molecule has 1 heterocycles. The summed E-state index contributed by atoms with van der Waals surface area (Å²) in [4.78, 5) is 11.9. The van der Waals surface area contributed by atoms with Crippen molar-refractivity contribution in [2.75, 3.05) is 12.5 Å². The molecule has 0 aromatic carbocycles. The summed E-state index contributed by atoms with van der Waals surface area (Å²) in [6, 6.07) is 3.93. The first-order chi connectivity index (χ1) is 6.33. The first kappa shape index (κ1) is 10.9. The average molecular weight is 230 g/mol. The minimum atomic E-state index is 0.815. The zero-order chi connectivity index (χ0) is 9.68. The topological polar surface area (TPSA) is 17.1 Å². The van der Waals surface area contributed by atoms with E-state index >= 15 is 0 Å². The summed E-state index contributed by atoms with van der Waals surface area (Å²) in [7, 11) is 0. The van der Waals surface area contributed by atoms with Gasteiger partial charge in [-0.05, 0) is 24.0 Å². The molecule has 0 bridgehead atoms. The monoisotopic (exact) mass is 230 g/mol. The Bertz CT molecular complexity index is 295. The molecule has 0 unspecified atom stereocenters. The Morgan fingerprint density at radius 1 is 1.46 bits per heavy atom. The summed E-state index contributed by atoms with van der Waals surface area (Å²) in [6.07, 6.45) is 4.92. The maximum Gasteiger partial charge on any atom is 0.153 e. The Morgan fingerprint density at radius 3 is 2.54 bits per heavy atom. The highest BCUT2D eigenvalue weighted by molar-refractivity contribution is 8.22. The molecule has 1 aromatic heterocycles. The Labute approximate surface area is 90.6 Å². The van der Waals surface area contributed by atoms with Crippen molar-refractivity contribution in [2.45, 2.75) is 0 Å². The standard InChI is InChI=1S/C9H10OS3/c1-11-9(12-2)7(6-10)8-4-3-5-13-8/h3-6H,1-2H3. The van der Waals surface area contributed by atoms with E-state index in [2.05, 4.69) is 0 Å². The Morgan fingerprint density at radius 2 is 2.15 bits per heavy atom. The molecule has 0 aliphatic carbocycles. The molecule has 0 saturated carbocycles. The third-order valence-corrected chi connectivity index (χ3v) is 4.58. The van der Waals surface area contributed by atoms with Crippen LogP contribution in [0.2, 0.25) is 0 Å².